The predicted molar refractivity (Wildman–Crippen MR) is 79.6 cm³/mol. The first-order valence-electron chi connectivity index (χ1n) is 7.11. The molecule has 0 aromatic carbocycles. The Morgan fingerprint density at radius 2 is 2.21 bits per heavy atom. The molecule has 0 spiro atoms. The SMILES string of the molecule is CN=C1C2=C(CCC2)N[C@H](C2=NCCC(C)=C2)N1C. The van der Waals surface area contributed by atoms with Crippen LogP contribution in [0.5, 0.6) is 0 Å². The van der Waals surface area contributed by atoms with Crippen molar-refractivity contribution >= 4 is 11.5 Å². The van der Waals surface area contributed by atoms with Crippen molar-refractivity contribution in [3.8, 4) is 0 Å². The van der Waals surface area contributed by atoms with E-state index in [0.717, 1.165) is 37.4 Å². The monoisotopic (exact) mass is 258 g/mol. The zero-order valence-corrected chi connectivity index (χ0v) is 12.0. The van der Waals surface area contributed by atoms with Gasteiger partial charge in [-0.2, -0.15) is 0 Å². The molecular weight excluding hydrogens is 236 g/mol. The predicted octanol–water partition coefficient (Wildman–Crippen LogP) is 2.10. The standard InChI is InChI=1S/C15H22N4/c1-10-7-8-17-13(9-10)15-18-12-6-4-5-11(12)14(16-2)19(15)3/h9,15,18H,4-8H2,1-3H3/t15-/m0/s1. The zero-order chi connectivity index (χ0) is 13.4. The van der Waals surface area contributed by atoms with Crippen LogP contribution in [-0.4, -0.2) is 43.3 Å². The Morgan fingerprint density at radius 1 is 1.37 bits per heavy atom. The van der Waals surface area contributed by atoms with E-state index in [2.05, 4.69) is 35.3 Å². The molecule has 3 rings (SSSR count). The van der Waals surface area contributed by atoms with E-state index in [1.807, 2.05) is 7.05 Å². The maximum atomic E-state index is 4.70. The van der Waals surface area contributed by atoms with E-state index < -0.39 is 0 Å². The molecule has 0 aromatic heterocycles. The van der Waals surface area contributed by atoms with Crippen molar-refractivity contribution in [2.45, 2.75) is 38.8 Å². The number of amidine groups is 1. The second-order valence-electron chi connectivity index (χ2n) is 5.56. The molecule has 4 nitrogen and oxygen atoms in total. The van der Waals surface area contributed by atoms with Gasteiger partial charge in [-0.05, 0) is 38.7 Å². The molecule has 1 atom stereocenters. The van der Waals surface area contributed by atoms with Gasteiger partial charge in [0.2, 0.25) is 0 Å². The molecule has 1 aliphatic carbocycles. The molecule has 0 saturated heterocycles. The summed E-state index contributed by atoms with van der Waals surface area (Å²) in [7, 11) is 4.00. The van der Waals surface area contributed by atoms with Gasteiger partial charge in [0, 0.05) is 31.9 Å². The maximum absolute atomic E-state index is 4.70. The molecular formula is C15H22N4. The average molecular weight is 258 g/mol. The fourth-order valence-corrected chi connectivity index (χ4v) is 3.21. The maximum Gasteiger partial charge on any atom is 0.143 e. The van der Waals surface area contributed by atoms with Crippen molar-refractivity contribution in [1.82, 2.24) is 10.2 Å². The van der Waals surface area contributed by atoms with Gasteiger partial charge in [-0.15, -0.1) is 0 Å². The van der Waals surface area contributed by atoms with E-state index >= 15 is 0 Å². The van der Waals surface area contributed by atoms with Crippen LogP contribution in [0, 0.1) is 0 Å². The van der Waals surface area contributed by atoms with Crippen LogP contribution in [0.1, 0.15) is 32.6 Å². The molecule has 0 radical (unpaired) electrons. The lowest BCUT2D eigenvalue weighted by Gasteiger charge is -2.38. The molecule has 2 heterocycles. The lowest BCUT2D eigenvalue weighted by atomic mass is 10.0. The normalized spacial score (nSPS) is 29.1. The summed E-state index contributed by atoms with van der Waals surface area (Å²) in [6.07, 6.45) is 6.99. The number of allylic oxidation sites excluding steroid dienone is 1. The van der Waals surface area contributed by atoms with Gasteiger partial charge in [-0.25, -0.2) is 0 Å². The first-order valence-corrected chi connectivity index (χ1v) is 7.11. The fraction of sp³-hybridized carbons (Fsp3) is 0.600. The van der Waals surface area contributed by atoms with E-state index in [1.165, 1.54) is 23.3 Å². The number of rotatable bonds is 1. The average Bonchev–Trinajstić information content (AvgIpc) is 2.86. The number of nitrogens with zero attached hydrogens (tertiary/aromatic N) is 3. The van der Waals surface area contributed by atoms with Gasteiger partial charge in [0.1, 0.15) is 12.0 Å². The number of dihydropyridines is 1. The Hall–Kier alpha value is -1.58. The molecule has 0 saturated carbocycles. The van der Waals surface area contributed by atoms with Crippen molar-refractivity contribution in [1.29, 1.82) is 0 Å². The summed E-state index contributed by atoms with van der Waals surface area (Å²) < 4.78 is 0. The van der Waals surface area contributed by atoms with Gasteiger partial charge in [0.05, 0.1) is 5.71 Å². The van der Waals surface area contributed by atoms with Gasteiger partial charge in [0.25, 0.3) is 0 Å². The van der Waals surface area contributed by atoms with Crippen LogP contribution in [0.4, 0.5) is 0 Å². The van der Waals surface area contributed by atoms with Crippen LogP contribution in [0.15, 0.2) is 32.9 Å². The number of aliphatic imine (C=N–C) groups is 2. The van der Waals surface area contributed by atoms with E-state index in [-0.39, 0.29) is 6.17 Å². The molecule has 0 bridgehead atoms. The van der Waals surface area contributed by atoms with Gasteiger partial charge in [-0.3, -0.25) is 9.98 Å². The first kappa shape index (κ1) is 12.5. The second-order valence-corrected chi connectivity index (χ2v) is 5.56. The third-order valence-corrected chi connectivity index (χ3v) is 4.21. The minimum absolute atomic E-state index is 0.144. The first-order chi connectivity index (χ1) is 9.20. The molecule has 0 aromatic rings. The number of likely N-dealkylation sites (N-methyl/N-ethyl adjacent to an activating group) is 1. The highest BCUT2D eigenvalue weighted by Gasteiger charge is 2.34. The van der Waals surface area contributed by atoms with Crippen LogP contribution in [0.25, 0.3) is 0 Å². The summed E-state index contributed by atoms with van der Waals surface area (Å²) in [5, 5.41) is 3.67. The zero-order valence-electron chi connectivity index (χ0n) is 12.0. The minimum atomic E-state index is 0.144. The van der Waals surface area contributed by atoms with Gasteiger partial charge in [-0.1, -0.05) is 5.57 Å². The lowest BCUT2D eigenvalue weighted by molar-refractivity contribution is 0.391. The third-order valence-electron chi connectivity index (χ3n) is 4.21. The minimum Gasteiger partial charge on any atom is -0.363 e. The van der Waals surface area contributed by atoms with E-state index in [0.29, 0.717) is 0 Å². The Bertz CT molecular complexity index is 510. The summed E-state index contributed by atoms with van der Waals surface area (Å²) in [6.45, 7) is 3.10. The second kappa shape index (κ2) is 4.83. The molecule has 102 valence electrons. The molecule has 19 heavy (non-hydrogen) atoms. The molecule has 4 heteroatoms. The molecule has 1 N–H and O–H groups in total. The Balaban J connectivity index is 1.94. The topological polar surface area (TPSA) is 40.0 Å². The quantitative estimate of drug-likeness (QED) is 0.782. The van der Waals surface area contributed by atoms with Crippen LogP contribution in [0.3, 0.4) is 0 Å². The molecule has 0 fully saturated rings. The van der Waals surface area contributed by atoms with E-state index in [4.69, 9.17) is 4.99 Å². The van der Waals surface area contributed by atoms with E-state index in [1.54, 1.807) is 0 Å². The smallest absolute Gasteiger partial charge is 0.143 e. The molecule has 0 unspecified atom stereocenters. The van der Waals surface area contributed by atoms with Crippen LogP contribution < -0.4 is 5.32 Å². The number of hydrogen-bond acceptors (Lipinski definition) is 3. The summed E-state index contributed by atoms with van der Waals surface area (Å²) in [5.74, 6) is 1.13. The third kappa shape index (κ3) is 2.09. The fourth-order valence-electron chi connectivity index (χ4n) is 3.21. The van der Waals surface area contributed by atoms with Crippen LogP contribution in [0.2, 0.25) is 0 Å². The van der Waals surface area contributed by atoms with Crippen molar-refractivity contribution in [3.63, 3.8) is 0 Å². The van der Waals surface area contributed by atoms with E-state index in [9.17, 15) is 0 Å². The highest BCUT2D eigenvalue weighted by atomic mass is 15.3. The summed E-state index contributed by atoms with van der Waals surface area (Å²) in [4.78, 5) is 11.4. The number of nitrogens with one attached hydrogen (secondary N) is 1. The van der Waals surface area contributed by atoms with Gasteiger partial charge >= 0.3 is 0 Å². The van der Waals surface area contributed by atoms with Gasteiger partial charge < -0.3 is 10.2 Å². The largest absolute Gasteiger partial charge is 0.363 e. The highest BCUT2D eigenvalue weighted by Crippen LogP contribution is 2.31. The molecule has 2 aliphatic heterocycles. The van der Waals surface area contributed by atoms with Crippen molar-refractivity contribution in [3.05, 3.63) is 22.9 Å². The molecule has 3 aliphatic rings. The van der Waals surface area contributed by atoms with Crippen molar-refractivity contribution in [2.75, 3.05) is 20.6 Å². The Kier molecular flexibility index (Phi) is 3.17. The Labute approximate surface area is 115 Å². The molecule has 0 amide bonds. The van der Waals surface area contributed by atoms with Crippen LogP contribution in [-0.2, 0) is 0 Å². The highest BCUT2D eigenvalue weighted by molar-refractivity contribution is 6.07. The Morgan fingerprint density at radius 3 is 2.95 bits per heavy atom. The summed E-state index contributed by atoms with van der Waals surface area (Å²) >= 11 is 0. The summed E-state index contributed by atoms with van der Waals surface area (Å²) in [6, 6.07) is 0. The van der Waals surface area contributed by atoms with Crippen molar-refractivity contribution < 1.29 is 0 Å². The van der Waals surface area contributed by atoms with Crippen LogP contribution >= 0.6 is 0 Å². The summed E-state index contributed by atoms with van der Waals surface area (Å²) in [5.41, 5.74) is 5.34. The van der Waals surface area contributed by atoms with Crippen molar-refractivity contribution in [2.24, 2.45) is 9.98 Å². The number of hydrogen-bond donors (Lipinski definition) is 1. The van der Waals surface area contributed by atoms with Gasteiger partial charge in [0.15, 0.2) is 0 Å². The lowest BCUT2D eigenvalue weighted by Crippen LogP contribution is -2.55.